The standard InChI is InChI=1S/C24H26FN3O3/c1-4-24(29,5-2)22-27-28-23(31-22)26-15(3)17-8-11-20-19(12-13-30-21(20)14-17)16-6-9-18(25)10-7-16/h6-12,14-15,29H,4-5,13H2,1-3H3,(H,26,28). The largest absolute Gasteiger partial charge is 0.489 e. The number of anilines is 1. The summed E-state index contributed by atoms with van der Waals surface area (Å²) in [5.41, 5.74) is 2.81. The number of nitrogens with zero attached hydrogens (tertiary/aromatic N) is 2. The van der Waals surface area contributed by atoms with Gasteiger partial charge in [0.15, 0.2) is 0 Å². The Labute approximate surface area is 180 Å². The average Bonchev–Trinajstić information content (AvgIpc) is 3.27. The summed E-state index contributed by atoms with van der Waals surface area (Å²) in [6, 6.07) is 12.6. The quantitative estimate of drug-likeness (QED) is 0.543. The molecule has 0 saturated carbocycles. The predicted octanol–water partition coefficient (Wildman–Crippen LogP) is 5.21. The molecule has 31 heavy (non-hydrogen) atoms. The van der Waals surface area contributed by atoms with Crippen LogP contribution >= 0.6 is 0 Å². The van der Waals surface area contributed by atoms with Crippen LogP contribution < -0.4 is 10.1 Å². The summed E-state index contributed by atoms with van der Waals surface area (Å²) in [5.74, 6) is 0.730. The highest BCUT2D eigenvalue weighted by molar-refractivity contribution is 5.84. The number of benzene rings is 2. The lowest BCUT2D eigenvalue weighted by molar-refractivity contribution is 0.00204. The van der Waals surface area contributed by atoms with Crippen LogP contribution in [0.5, 0.6) is 5.75 Å². The number of halogens is 1. The van der Waals surface area contributed by atoms with E-state index >= 15 is 0 Å². The zero-order chi connectivity index (χ0) is 22.0. The monoisotopic (exact) mass is 423 g/mol. The molecule has 1 aliphatic heterocycles. The SMILES string of the molecule is CCC(O)(CC)c1nnc(NC(C)c2ccc3c(c2)OCC=C3c2ccc(F)cc2)o1. The Morgan fingerprint density at radius 2 is 1.87 bits per heavy atom. The highest BCUT2D eigenvalue weighted by Gasteiger charge is 2.31. The fourth-order valence-corrected chi connectivity index (χ4v) is 3.67. The lowest BCUT2D eigenvalue weighted by Crippen LogP contribution is -2.23. The highest BCUT2D eigenvalue weighted by atomic mass is 19.1. The molecule has 162 valence electrons. The summed E-state index contributed by atoms with van der Waals surface area (Å²) in [6.45, 7) is 6.19. The van der Waals surface area contributed by atoms with E-state index in [1.807, 2.05) is 45.0 Å². The second-order valence-electron chi connectivity index (χ2n) is 7.71. The van der Waals surface area contributed by atoms with E-state index in [-0.39, 0.29) is 23.8 Å². The molecule has 3 aromatic rings. The Hall–Kier alpha value is -3.19. The summed E-state index contributed by atoms with van der Waals surface area (Å²) in [7, 11) is 0. The molecule has 2 aromatic carbocycles. The Bertz CT molecular complexity index is 1090. The van der Waals surface area contributed by atoms with Crippen molar-refractivity contribution in [3.8, 4) is 5.75 Å². The molecule has 1 aliphatic rings. The fraction of sp³-hybridized carbons (Fsp3) is 0.333. The van der Waals surface area contributed by atoms with Gasteiger partial charge in [0, 0.05) is 5.56 Å². The van der Waals surface area contributed by atoms with Crippen molar-refractivity contribution in [3.05, 3.63) is 76.9 Å². The van der Waals surface area contributed by atoms with Crippen molar-refractivity contribution >= 4 is 11.6 Å². The van der Waals surface area contributed by atoms with Gasteiger partial charge in [-0.05, 0) is 60.7 Å². The number of nitrogens with one attached hydrogen (secondary N) is 1. The summed E-state index contributed by atoms with van der Waals surface area (Å²) in [5, 5.41) is 21.8. The van der Waals surface area contributed by atoms with Crippen LogP contribution in [0.15, 0.2) is 53.0 Å². The first-order chi connectivity index (χ1) is 14.9. The van der Waals surface area contributed by atoms with Gasteiger partial charge in [-0.3, -0.25) is 0 Å². The Kier molecular flexibility index (Phi) is 5.78. The molecule has 1 atom stereocenters. The number of rotatable bonds is 7. The number of hydrogen-bond acceptors (Lipinski definition) is 6. The van der Waals surface area contributed by atoms with Gasteiger partial charge < -0.3 is 19.6 Å². The van der Waals surface area contributed by atoms with Crippen molar-refractivity contribution in [2.75, 3.05) is 11.9 Å². The smallest absolute Gasteiger partial charge is 0.316 e. The van der Waals surface area contributed by atoms with Gasteiger partial charge in [-0.1, -0.05) is 43.2 Å². The van der Waals surface area contributed by atoms with E-state index in [1.54, 1.807) is 12.1 Å². The average molecular weight is 423 g/mol. The van der Waals surface area contributed by atoms with Crippen LogP contribution in [0, 0.1) is 5.82 Å². The summed E-state index contributed by atoms with van der Waals surface area (Å²) < 4.78 is 24.8. The summed E-state index contributed by atoms with van der Waals surface area (Å²) >= 11 is 0. The van der Waals surface area contributed by atoms with Gasteiger partial charge in [0.2, 0.25) is 5.89 Å². The minimum atomic E-state index is -1.11. The lowest BCUT2D eigenvalue weighted by Gasteiger charge is -2.22. The van der Waals surface area contributed by atoms with E-state index in [1.165, 1.54) is 12.1 Å². The maximum atomic E-state index is 13.3. The predicted molar refractivity (Wildman–Crippen MR) is 116 cm³/mol. The van der Waals surface area contributed by atoms with E-state index in [0.717, 1.165) is 28.0 Å². The van der Waals surface area contributed by atoms with Crippen molar-refractivity contribution in [1.29, 1.82) is 0 Å². The molecular weight excluding hydrogens is 397 g/mol. The van der Waals surface area contributed by atoms with Crippen molar-refractivity contribution in [1.82, 2.24) is 10.2 Å². The van der Waals surface area contributed by atoms with Crippen LogP contribution in [0.25, 0.3) is 5.57 Å². The van der Waals surface area contributed by atoms with Crippen LogP contribution in [-0.4, -0.2) is 21.9 Å². The van der Waals surface area contributed by atoms with Gasteiger partial charge in [-0.15, -0.1) is 5.10 Å². The molecule has 0 radical (unpaired) electrons. The molecule has 0 aliphatic carbocycles. The minimum absolute atomic E-state index is 0.126. The lowest BCUT2D eigenvalue weighted by atomic mass is 9.93. The molecule has 0 bridgehead atoms. The van der Waals surface area contributed by atoms with E-state index in [0.29, 0.717) is 19.4 Å². The number of aromatic nitrogens is 2. The molecule has 0 amide bonds. The van der Waals surface area contributed by atoms with Gasteiger partial charge >= 0.3 is 6.01 Å². The number of hydrogen-bond donors (Lipinski definition) is 2. The molecule has 6 nitrogen and oxygen atoms in total. The summed E-state index contributed by atoms with van der Waals surface area (Å²) in [6.07, 6.45) is 2.99. The first kappa shape index (κ1) is 21.1. The maximum absolute atomic E-state index is 13.3. The fourth-order valence-electron chi connectivity index (χ4n) is 3.67. The highest BCUT2D eigenvalue weighted by Crippen LogP contribution is 2.36. The van der Waals surface area contributed by atoms with Crippen molar-refractivity contribution < 1.29 is 18.7 Å². The molecule has 0 fully saturated rings. The van der Waals surface area contributed by atoms with E-state index in [4.69, 9.17) is 9.15 Å². The van der Waals surface area contributed by atoms with Crippen LogP contribution in [0.1, 0.15) is 62.2 Å². The van der Waals surface area contributed by atoms with Crippen LogP contribution in [0.3, 0.4) is 0 Å². The molecule has 1 unspecified atom stereocenters. The number of fused-ring (bicyclic) bond motifs is 1. The zero-order valence-corrected chi connectivity index (χ0v) is 17.9. The normalized spacial score (nSPS) is 14.4. The Morgan fingerprint density at radius 3 is 2.58 bits per heavy atom. The second-order valence-corrected chi connectivity index (χ2v) is 7.71. The third kappa shape index (κ3) is 4.18. The number of ether oxygens (including phenoxy) is 1. The van der Waals surface area contributed by atoms with Crippen molar-refractivity contribution in [3.63, 3.8) is 0 Å². The van der Waals surface area contributed by atoms with Crippen molar-refractivity contribution in [2.24, 2.45) is 0 Å². The maximum Gasteiger partial charge on any atom is 0.316 e. The van der Waals surface area contributed by atoms with Crippen LogP contribution in [0.4, 0.5) is 10.4 Å². The third-order valence-electron chi connectivity index (χ3n) is 5.81. The third-order valence-corrected chi connectivity index (χ3v) is 5.81. The summed E-state index contributed by atoms with van der Waals surface area (Å²) in [4.78, 5) is 0. The van der Waals surface area contributed by atoms with Gasteiger partial charge in [-0.2, -0.15) is 0 Å². The van der Waals surface area contributed by atoms with Crippen LogP contribution in [0.2, 0.25) is 0 Å². The molecule has 0 saturated heterocycles. The first-order valence-corrected chi connectivity index (χ1v) is 10.5. The molecule has 4 rings (SSSR count). The van der Waals surface area contributed by atoms with Gasteiger partial charge in [0.1, 0.15) is 23.8 Å². The molecule has 1 aromatic heterocycles. The Morgan fingerprint density at radius 1 is 1.13 bits per heavy atom. The van der Waals surface area contributed by atoms with E-state index < -0.39 is 5.60 Å². The van der Waals surface area contributed by atoms with E-state index in [2.05, 4.69) is 15.5 Å². The van der Waals surface area contributed by atoms with Gasteiger partial charge in [0.05, 0.1) is 6.04 Å². The van der Waals surface area contributed by atoms with Crippen LogP contribution in [-0.2, 0) is 5.60 Å². The first-order valence-electron chi connectivity index (χ1n) is 10.5. The number of aliphatic hydroxyl groups is 1. The molecule has 0 spiro atoms. The molecule has 2 heterocycles. The van der Waals surface area contributed by atoms with Gasteiger partial charge in [0.25, 0.3) is 0 Å². The zero-order valence-electron chi connectivity index (χ0n) is 17.9. The van der Waals surface area contributed by atoms with E-state index in [9.17, 15) is 9.50 Å². The minimum Gasteiger partial charge on any atom is -0.489 e. The second kappa shape index (κ2) is 8.51. The molecule has 2 N–H and O–H groups in total. The topological polar surface area (TPSA) is 80.4 Å². The van der Waals surface area contributed by atoms with Crippen molar-refractivity contribution in [2.45, 2.75) is 45.3 Å². The molecule has 7 heteroatoms. The molecular formula is C24H26FN3O3. The Balaban J connectivity index is 1.53. The van der Waals surface area contributed by atoms with Gasteiger partial charge in [-0.25, -0.2) is 4.39 Å².